The lowest BCUT2D eigenvalue weighted by Gasteiger charge is -2.38. The van der Waals surface area contributed by atoms with Gasteiger partial charge in [0.2, 0.25) is 11.8 Å². The van der Waals surface area contributed by atoms with E-state index in [2.05, 4.69) is 44.9 Å². The van der Waals surface area contributed by atoms with Gasteiger partial charge in [0.15, 0.2) is 0 Å². The van der Waals surface area contributed by atoms with Gasteiger partial charge in [-0.05, 0) is 37.3 Å². The summed E-state index contributed by atoms with van der Waals surface area (Å²) >= 11 is 0. The van der Waals surface area contributed by atoms with Crippen molar-refractivity contribution in [3.8, 4) is 0 Å². The molecule has 2 amide bonds. The Morgan fingerprint density at radius 1 is 1.22 bits per heavy atom. The third-order valence-corrected chi connectivity index (χ3v) is 5.63. The van der Waals surface area contributed by atoms with Gasteiger partial charge < -0.3 is 4.90 Å². The van der Waals surface area contributed by atoms with Gasteiger partial charge in [-0.2, -0.15) is 0 Å². The molecule has 27 heavy (non-hydrogen) atoms. The van der Waals surface area contributed by atoms with Crippen LogP contribution in [0.3, 0.4) is 0 Å². The van der Waals surface area contributed by atoms with Gasteiger partial charge in [0.1, 0.15) is 0 Å². The number of carbonyl (C=O) groups is 2. The molecule has 1 heterocycles. The number of para-hydroxylation sites is 1. The van der Waals surface area contributed by atoms with Gasteiger partial charge in [-0.1, -0.05) is 45.9 Å². The van der Waals surface area contributed by atoms with Crippen LogP contribution in [0.15, 0.2) is 30.3 Å². The van der Waals surface area contributed by atoms with Crippen LogP contribution in [0.1, 0.15) is 54.4 Å². The summed E-state index contributed by atoms with van der Waals surface area (Å²) in [6.07, 6.45) is 0.746. The fourth-order valence-corrected chi connectivity index (χ4v) is 3.85. The fourth-order valence-electron chi connectivity index (χ4n) is 3.85. The van der Waals surface area contributed by atoms with E-state index in [4.69, 9.17) is 0 Å². The Balaban J connectivity index is 2.16. The van der Waals surface area contributed by atoms with Crippen LogP contribution in [-0.4, -0.2) is 47.5 Å². The highest BCUT2D eigenvalue weighted by atomic mass is 16.2. The number of rotatable bonds is 6. The van der Waals surface area contributed by atoms with E-state index in [-0.39, 0.29) is 28.7 Å². The van der Waals surface area contributed by atoms with Crippen molar-refractivity contribution in [3.05, 3.63) is 30.3 Å². The summed E-state index contributed by atoms with van der Waals surface area (Å²) in [5.41, 5.74) is 0.779. The monoisotopic (exact) mass is 373 g/mol. The second-order valence-corrected chi connectivity index (χ2v) is 9.29. The molecule has 5 nitrogen and oxygen atoms in total. The van der Waals surface area contributed by atoms with Gasteiger partial charge in [-0.15, -0.1) is 0 Å². The minimum atomic E-state index is -0.306. The lowest BCUT2D eigenvalue weighted by atomic mass is 9.78. The zero-order valence-corrected chi connectivity index (χ0v) is 18.0. The van der Waals surface area contributed by atoms with Crippen LogP contribution in [0.25, 0.3) is 0 Å². The van der Waals surface area contributed by atoms with Crippen LogP contribution in [-0.2, 0) is 9.59 Å². The zero-order valence-electron chi connectivity index (χ0n) is 18.0. The Kier molecular flexibility index (Phi) is 6.35. The van der Waals surface area contributed by atoms with Gasteiger partial charge in [-0.3, -0.25) is 9.59 Å². The zero-order chi connectivity index (χ0) is 20.4. The Bertz CT molecular complexity index is 664. The summed E-state index contributed by atoms with van der Waals surface area (Å²) in [7, 11) is 2.06. The molecule has 0 aromatic heterocycles. The highest BCUT2D eigenvalue weighted by molar-refractivity contribution is 5.96. The summed E-state index contributed by atoms with van der Waals surface area (Å²) in [5, 5.41) is 3.32. The van der Waals surface area contributed by atoms with Crippen LogP contribution in [0.5, 0.6) is 0 Å². The lowest BCUT2D eigenvalue weighted by molar-refractivity contribution is -0.160. The first-order chi connectivity index (χ1) is 12.5. The van der Waals surface area contributed by atoms with Gasteiger partial charge in [0.05, 0.1) is 0 Å². The number of carbonyl (C=O) groups excluding carboxylic acids is 2. The summed E-state index contributed by atoms with van der Waals surface area (Å²) in [6.45, 7) is 13.9. The molecule has 0 saturated carbocycles. The van der Waals surface area contributed by atoms with Crippen molar-refractivity contribution >= 4 is 17.5 Å². The highest BCUT2D eigenvalue weighted by Crippen LogP contribution is 2.34. The van der Waals surface area contributed by atoms with E-state index in [1.54, 1.807) is 0 Å². The Morgan fingerprint density at radius 3 is 2.33 bits per heavy atom. The number of imide groups is 1. The van der Waals surface area contributed by atoms with Crippen LogP contribution >= 0.6 is 0 Å². The maximum Gasteiger partial charge on any atom is 0.245 e. The van der Waals surface area contributed by atoms with Crippen molar-refractivity contribution in [1.82, 2.24) is 10.0 Å². The van der Waals surface area contributed by atoms with Crippen molar-refractivity contribution in [2.75, 3.05) is 25.0 Å². The summed E-state index contributed by atoms with van der Waals surface area (Å²) in [5.74, 6) is -0.0461. The minimum Gasteiger partial charge on any atom is -0.374 e. The van der Waals surface area contributed by atoms with E-state index in [0.29, 0.717) is 19.4 Å². The molecule has 0 spiro atoms. The molecule has 1 aromatic carbocycles. The molecule has 1 aliphatic rings. The van der Waals surface area contributed by atoms with Crippen molar-refractivity contribution < 1.29 is 9.59 Å². The smallest absolute Gasteiger partial charge is 0.245 e. The second kappa shape index (κ2) is 8.01. The quantitative estimate of drug-likeness (QED) is 0.757. The number of benzene rings is 1. The summed E-state index contributed by atoms with van der Waals surface area (Å²) in [4.78, 5) is 27.9. The molecule has 0 unspecified atom stereocenters. The molecular formula is C22H35N3O2. The first-order valence-corrected chi connectivity index (χ1v) is 9.87. The highest BCUT2D eigenvalue weighted by Gasteiger charge is 2.46. The molecular weight excluding hydrogens is 338 g/mol. The lowest BCUT2D eigenvalue weighted by Crippen LogP contribution is -2.50. The number of hydrogen-bond acceptors (Lipinski definition) is 4. The fraction of sp³-hybridized carbons (Fsp3) is 0.636. The maximum atomic E-state index is 13.1. The summed E-state index contributed by atoms with van der Waals surface area (Å²) in [6, 6.07) is 10.2. The van der Waals surface area contributed by atoms with Crippen molar-refractivity contribution in [3.63, 3.8) is 0 Å². The van der Waals surface area contributed by atoms with E-state index in [1.807, 2.05) is 44.0 Å². The molecule has 150 valence electrons. The van der Waals surface area contributed by atoms with Gasteiger partial charge in [0.25, 0.3) is 0 Å². The molecule has 5 heteroatoms. The number of anilines is 1. The van der Waals surface area contributed by atoms with Gasteiger partial charge >= 0.3 is 0 Å². The first kappa shape index (κ1) is 21.4. The van der Waals surface area contributed by atoms with Crippen molar-refractivity contribution in [1.29, 1.82) is 0 Å². The molecule has 0 aliphatic carbocycles. The maximum absolute atomic E-state index is 13.1. The SMILES string of the molecule is CCN1N(C(=O)C[C@@H](CN(C)c2ccccc2)C(C)(C)C)C(=O)CC1(C)C. The van der Waals surface area contributed by atoms with E-state index in [0.717, 1.165) is 12.2 Å². The number of hydrogen-bond donors (Lipinski definition) is 0. The Hall–Kier alpha value is -1.88. The standard InChI is InChI=1S/C22H35N3O2/c1-8-24-22(5,6)15-20(27)25(24)19(26)14-17(21(2,3)4)16-23(7)18-12-10-9-11-13-18/h9-13,17H,8,14-16H2,1-7H3/t17-/m0/s1. The van der Waals surface area contributed by atoms with Crippen LogP contribution in [0.2, 0.25) is 0 Å². The molecule has 2 rings (SSSR count). The largest absolute Gasteiger partial charge is 0.374 e. The molecule has 0 radical (unpaired) electrons. The molecule has 1 atom stereocenters. The average molecular weight is 374 g/mol. The average Bonchev–Trinajstić information content (AvgIpc) is 2.81. The Labute approximate surface area is 164 Å². The molecule has 0 N–H and O–H groups in total. The van der Waals surface area contributed by atoms with Crippen LogP contribution in [0.4, 0.5) is 5.69 Å². The predicted molar refractivity (Wildman–Crippen MR) is 110 cm³/mol. The van der Waals surface area contributed by atoms with Gasteiger partial charge in [-0.25, -0.2) is 10.0 Å². The molecule has 0 bridgehead atoms. The van der Waals surface area contributed by atoms with Crippen LogP contribution in [0, 0.1) is 11.3 Å². The van der Waals surface area contributed by atoms with E-state index >= 15 is 0 Å². The minimum absolute atomic E-state index is 0.0476. The van der Waals surface area contributed by atoms with Crippen molar-refractivity contribution in [2.24, 2.45) is 11.3 Å². The molecule has 1 saturated heterocycles. The van der Waals surface area contributed by atoms with Gasteiger partial charge in [0, 0.05) is 44.2 Å². The second-order valence-electron chi connectivity index (χ2n) is 9.29. The third kappa shape index (κ3) is 4.89. The summed E-state index contributed by atoms with van der Waals surface area (Å²) < 4.78 is 0. The van der Waals surface area contributed by atoms with Crippen molar-refractivity contribution in [2.45, 2.75) is 59.9 Å². The number of nitrogens with zero attached hydrogens (tertiary/aromatic N) is 3. The first-order valence-electron chi connectivity index (χ1n) is 9.87. The molecule has 1 aliphatic heterocycles. The normalized spacial score (nSPS) is 18.6. The molecule has 1 fully saturated rings. The number of hydrazine groups is 1. The van der Waals surface area contributed by atoms with Crippen LogP contribution < -0.4 is 4.90 Å². The topological polar surface area (TPSA) is 43.9 Å². The molecule has 1 aromatic rings. The number of amides is 2. The predicted octanol–water partition coefficient (Wildman–Crippen LogP) is 3.95. The third-order valence-electron chi connectivity index (χ3n) is 5.63. The van der Waals surface area contributed by atoms with E-state index in [9.17, 15) is 9.59 Å². The van der Waals surface area contributed by atoms with E-state index < -0.39 is 0 Å². The Morgan fingerprint density at radius 2 is 1.81 bits per heavy atom. The van der Waals surface area contributed by atoms with E-state index in [1.165, 1.54) is 5.01 Å².